The van der Waals surface area contributed by atoms with Crippen molar-refractivity contribution in [2.75, 3.05) is 23.4 Å². The number of nitrogens with one attached hydrogen (secondary N) is 1. The summed E-state index contributed by atoms with van der Waals surface area (Å²) in [5.41, 5.74) is 2.14. The van der Waals surface area contributed by atoms with Crippen LogP contribution < -0.4 is 5.32 Å². The second-order valence-electron chi connectivity index (χ2n) is 4.41. The van der Waals surface area contributed by atoms with Crippen molar-refractivity contribution < 1.29 is 9.90 Å². The van der Waals surface area contributed by atoms with E-state index >= 15 is 0 Å². The van der Waals surface area contributed by atoms with Gasteiger partial charge in [0.05, 0.1) is 11.3 Å². The molecule has 1 aliphatic rings. The summed E-state index contributed by atoms with van der Waals surface area (Å²) in [7, 11) is 0. The number of hydrogen-bond acceptors (Lipinski definition) is 3. The van der Waals surface area contributed by atoms with Crippen LogP contribution in [0.25, 0.3) is 0 Å². The number of hydrogen-bond donors (Lipinski definition) is 2. The first-order valence-electron chi connectivity index (χ1n) is 5.83. The van der Waals surface area contributed by atoms with Gasteiger partial charge in [0.15, 0.2) is 0 Å². The Labute approximate surface area is 106 Å². The number of carboxylic acids is 1. The highest BCUT2D eigenvalue weighted by molar-refractivity contribution is 7.99. The molecule has 92 valence electrons. The summed E-state index contributed by atoms with van der Waals surface area (Å²) < 4.78 is 0. The lowest BCUT2D eigenvalue weighted by Gasteiger charge is -2.15. The number of aryl methyl sites for hydroxylation is 1. The number of rotatable bonds is 4. The lowest BCUT2D eigenvalue weighted by molar-refractivity contribution is 0.0698. The van der Waals surface area contributed by atoms with Crippen LogP contribution in [0.3, 0.4) is 0 Å². The molecule has 2 rings (SSSR count). The molecule has 1 atom stereocenters. The second kappa shape index (κ2) is 5.45. The smallest absolute Gasteiger partial charge is 0.337 e. The standard InChI is InChI=1S/C13H17NO2S/c1-9-3-2-4-11(13(15)16)12(9)14-7-10-5-6-17-8-10/h2-4,10,14H,5-8H2,1H3,(H,15,16). The fraction of sp³-hybridized carbons (Fsp3) is 0.462. The van der Waals surface area contributed by atoms with Gasteiger partial charge in [-0.15, -0.1) is 0 Å². The molecule has 3 nitrogen and oxygen atoms in total. The van der Waals surface area contributed by atoms with Gasteiger partial charge >= 0.3 is 5.97 Å². The highest BCUT2D eigenvalue weighted by Gasteiger charge is 2.17. The Morgan fingerprint density at radius 3 is 3.06 bits per heavy atom. The van der Waals surface area contributed by atoms with Gasteiger partial charge in [-0.3, -0.25) is 0 Å². The molecule has 1 unspecified atom stereocenters. The Morgan fingerprint density at radius 1 is 1.59 bits per heavy atom. The van der Waals surface area contributed by atoms with E-state index in [4.69, 9.17) is 5.11 Å². The second-order valence-corrected chi connectivity index (χ2v) is 5.56. The van der Waals surface area contributed by atoms with E-state index in [9.17, 15) is 4.79 Å². The number of aromatic carboxylic acids is 1. The predicted molar refractivity (Wildman–Crippen MR) is 72.1 cm³/mol. The van der Waals surface area contributed by atoms with Crippen LogP contribution in [-0.4, -0.2) is 29.1 Å². The van der Waals surface area contributed by atoms with E-state index in [0.29, 0.717) is 11.5 Å². The van der Waals surface area contributed by atoms with Crippen LogP contribution in [0.1, 0.15) is 22.3 Å². The van der Waals surface area contributed by atoms with Gasteiger partial charge in [-0.25, -0.2) is 4.79 Å². The van der Waals surface area contributed by atoms with Crippen molar-refractivity contribution >= 4 is 23.4 Å². The zero-order valence-corrected chi connectivity index (χ0v) is 10.7. The highest BCUT2D eigenvalue weighted by Crippen LogP contribution is 2.26. The lowest BCUT2D eigenvalue weighted by atomic mass is 10.1. The van der Waals surface area contributed by atoms with Gasteiger partial charge in [0.1, 0.15) is 0 Å². The van der Waals surface area contributed by atoms with E-state index in [1.54, 1.807) is 12.1 Å². The lowest BCUT2D eigenvalue weighted by Crippen LogP contribution is -2.16. The minimum Gasteiger partial charge on any atom is -0.478 e. The summed E-state index contributed by atoms with van der Waals surface area (Å²) in [4.78, 5) is 11.1. The SMILES string of the molecule is Cc1cccc(C(=O)O)c1NCC1CCSC1. The Morgan fingerprint density at radius 2 is 2.41 bits per heavy atom. The van der Waals surface area contributed by atoms with Crippen LogP contribution in [-0.2, 0) is 0 Å². The maximum absolute atomic E-state index is 11.1. The summed E-state index contributed by atoms with van der Waals surface area (Å²) in [5, 5.41) is 12.4. The van der Waals surface area contributed by atoms with Crippen molar-refractivity contribution in [3.63, 3.8) is 0 Å². The molecule has 0 aromatic heterocycles. The van der Waals surface area contributed by atoms with E-state index < -0.39 is 5.97 Å². The van der Waals surface area contributed by atoms with Crippen molar-refractivity contribution in [1.82, 2.24) is 0 Å². The molecule has 1 saturated heterocycles. The van der Waals surface area contributed by atoms with Gasteiger partial charge in [-0.05, 0) is 42.4 Å². The maximum atomic E-state index is 11.1. The number of carboxylic acid groups (broad SMARTS) is 1. The molecule has 4 heteroatoms. The predicted octanol–water partition coefficient (Wildman–Crippen LogP) is 2.86. The molecule has 0 aliphatic carbocycles. The Bertz CT molecular complexity index is 414. The molecule has 0 saturated carbocycles. The van der Waals surface area contributed by atoms with Crippen LogP contribution in [0.2, 0.25) is 0 Å². The van der Waals surface area contributed by atoms with Crippen LogP contribution in [0.15, 0.2) is 18.2 Å². The van der Waals surface area contributed by atoms with Gasteiger partial charge in [0.25, 0.3) is 0 Å². The minimum absolute atomic E-state index is 0.371. The number of anilines is 1. The fourth-order valence-corrected chi connectivity index (χ4v) is 3.36. The molecule has 1 heterocycles. The molecule has 1 aromatic carbocycles. The summed E-state index contributed by atoms with van der Waals surface area (Å²) in [6.07, 6.45) is 1.23. The van der Waals surface area contributed by atoms with Crippen LogP contribution >= 0.6 is 11.8 Å². The van der Waals surface area contributed by atoms with E-state index in [1.165, 1.54) is 17.9 Å². The van der Waals surface area contributed by atoms with E-state index in [2.05, 4.69) is 5.32 Å². The average Bonchev–Trinajstić information content (AvgIpc) is 2.80. The van der Waals surface area contributed by atoms with Gasteiger partial charge in [-0.1, -0.05) is 12.1 Å². The minimum atomic E-state index is -0.864. The Hall–Kier alpha value is -1.16. The normalized spacial score (nSPS) is 19.2. The number of para-hydroxylation sites is 1. The molecule has 1 aliphatic heterocycles. The average molecular weight is 251 g/mol. The monoisotopic (exact) mass is 251 g/mol. The molecule has 1 aromatic rings. The Balaban J connectivity index is 2.10. The quantitative estimate of drug-likeness (QED) is 0.864. The summed E-state index contributed by atoms with van der Waals surface area (Å²) in [5.74, 6) is 2.21. The van der Waals surface area contributed by atoms with Crippen LogP contribution in [0, 0.1) is 12.8 Å². The van der Waals surface area contributed by atoms with Crippen LogP contribution in [0.4, 0.5) is 5.69 Å². The maximum Gasteiger partial charge on any atom is 0.337 e. The fourth-order valence-electron chi connectivity index (χ4n) is 2.07. The summed E-state index contributed by atoms with van der Waals surface area (Å²) in [6, 6.07) is 5.38. The van der Waals surface area contributed by atoms with E-state index in [1.807, 2.05) is 24.8 Å². The first kappa shape index (κ1) is 12.3. The van der Waals surface area contributed by atoms with Crippen molar-refractivity contribution in [1.29, 1.82) is 0 Å². The van der Waals surface area contributed by atoms with Gasteiger partial charge in [0.2, 0.25) is 0 Å². The third-order valence-electron chi connectivity index (χ3n) is 3.09. The molecule has 0 amide bonds. The topological polar surface area (TPSA) is 49.3 Å². The number of carbonyl (C=O) groups is 1. The molecule has 17 heavy (non-hydrogen) atoms. The largest absolute Gasteiger partial charge is 0.478 e. The van der Waals surface area contributed by atoms with E-state index in [0.717, 1.165) is 17.8 Å². The zero-order valence-electron chi connectivity index (χ0n) is 9.90. The molecule has 0 spiro atoms. The first-order valence-corrected chi connectivity index (χ1v) is 6.98. The molecular formula is C13H17NO2S. The molecule has 2 N–H and O–H groups in total. The van der Waals surface area contributed by atoms with Crippen molar-refractivity contribution in [2.24, 2.45) is 5.92 Å². The highest BCUT2D eigenvalue weighted by atomic mass is 32.2. The zero-order chi connectivity index (χ0) is 12.3. The van der Waals surface area contributed by atoms with Gasteiger partial charge < -0.3 is 10.4 Å². The van der Waals surface area contributed by atoms with Crippen LogP contribution in [0.5, 0.6) is 0 Å². The molecule has 1 fully saturated rings. The molecule has 0 radical (unpaired) electrons. The number of thioether (sulfide) groups is 1. The van der Waals surface area contributed by atoms with Crippen molar-refractivity contribution in [3.05, 3.63) is 29.3 Å². The van der Waals surface area contributed by atoms with Gasteiger partial charge in [-0.2, -0.15) is 11.8 Å². The summed E-state index contributed by atoms with van der Waals surface area (Å²) in [6.45, 7) is 2.82. The van der Waals surface area contributed by atoms with Gasteiger partial charge in [0, 0.05) is 6.54 Å². The molecular weight excluding hydrogens is 234 g/mol. The molecule has 0 bridgehead atoms. The third kappa shape index (κ3) is 2.94. The van der Waals surface area contributed by atoms with Crippen molar-refractivity contribution in [2.45, 2.75) is 13.3 Å². The summed E-state index contributed by atoms with van der Waals surface area (Å²) >= 11 is 1.98. The third-order valence-corrected chi connectivity index (χ3v) is 4.33. The Kier molecular flexibility index (Phi) is 3.94. The van der Waals surface area contributed by atoms with E-state index in [-0.39, 0.29) is 0 Å². The first-order chi connectivity index (χ1) is 8.18. The number of benzene rings is 1. The van der Waals surface area contributed by atoms with Crippen molar-refractivity contribution in [3.8, 4) is 0 Å².